The molecular formula is C30H45N5O6. The van der Waals surface area contributed by atoms with E-state index in [1.165, 1.54) is 4.90 Å². The lowest BCUT2D eigenvalue weighted by Crippen LogP contribution is -2.62. The van der Waals surface area contributed by atoms with Crippen LogP contribution in [0.5, 0.6) is 0 Å². The molecule has 4 aliphatic rings. The molecule has 3 fully saturated rings. The molecule has 0 aromatic carbocycles. The summed E-state index contributed by atoms with van der Waals surface area (Å²) in [6, 6.07) is -3.51. The minimum absolute atomic E-state index is 0.117. The van der Waals surface area contributed by atoms with Gasteiger partial charge in [0.25, 0.3) is 5.91 Å². The maximum atomic E-state index is 14.4. The highest BCUT2D eigenvalue weighted by molar-refractivity contribution is 6.37. The highest BCUT2D eigenvalue weighted by Gasteiger charge is 2.53. The number of ketones is 1. The van der Waals surface area contributed by atoms with Crippen LogP contribution in [0.15, 0.2) is 0 Å². The molecule has 11 heteroatoms. The maximum absolute atomic E-state index is 14.4. The molecule has 6 atom stereocenters. The van der Waals surface area contributed by atoms with E-state index in [-0.39, 0.29) is 42.2 Å². The minimum Gasteiger partial charge on any atom is -0.383 e. The van der Waals surface area contributed by atoms with Crippen LogP contribution in [0.25, 0.3) is 0 Å². The average molecular weight is 572 g/mol. The van der Waals surface area contributed by atoms with E-state index >= 15 is 0 Å². The molecule has 5 N–H and O–H groups in total. The molecule has 0 bridgehead atoms. The molecular weight excluding hydrogens is 526 g/mol. The van der Waals surface area contributed by atoms with Crippen molar-refractivity contribution < 1.29 is 28.7 Å². The third-order valence-corrected chi connectivity index (χ3v) is 9.31. The van der Waals surface area contributed by atoms with Crippen LogP contribution in [0.4, 0.5) is 4.79 Å². The molecule has 0 aromatic rings. The molecule has 1 saturated heterocycles. The van der Waals surface area contributed by atoms with Crippen LogP contribution in [-0.2, 0) is 23.9 Å². The summed E-state index contributed by atoms with van der Waals surface area (Å²) in [5, 5.41) is 8.67. The van der Waals surface area contributed by atoms with E-state index in [1.54, 1.807) is 7.11 Å². The molecule has 0 spiro atoms. The summed E-state index contributed by atoms with van der Waals surface area (Å²) in [7, 11) is 1.57. The van der Waals surface area contributed by atoms with Crippen LogP contribution >= 0.6 is 0 Å². The zero-order valence-electron chi connectivity index (χ0n) is 24.7. The van der Waals surface area contributed by atoms with Gasteiger partial charge in [0.1, 0.15) is 12.1 Å². The number of nitrogens with zero attached hydrogens (tertiary/aromatic N) is 1. The summed E-state index contributed by atoms with van der Waals surface area (Å²) in [5.74, 6) is 3.14. The van der Waals surface area contributed by atoms with Gasteiger partial charge in [-0.15, -0.1) is 0 Å². The van der Waals surface area contributed by atoms with E-state index in [0.29, 0.717) is 13.0 Å². The first-order valence-electron chi connectivity index (χ1n) is 15.0. The average Bonchev–Trinajstić information content (AvgIpc) is 3.68. The molecule has 3 aliphatic carbocycles. The van der Waals surface area contributed by atoms with Gasteiger partial charge in [0.2, 0.25) is 17.6 Å². The number of likely N-dealkylation sites (tertiary alicyclic amines) is 1. The summed E-state index contributed by atoms with van der Waals surface area (Å²) in [6.45, 7) is 6.59. The van der Waals surface area contributed by atoms with Crippen molar-refractivity contribution in [3.63, 3.8) is 0 Å². The Morgan fingerprint density at radius 2 is 1.71 bits per heavy atom. The number of nitrogens with one attached hydrogen (secondary N) is 3. The Balaban J connectivity index is 1.56. The van der Waals surface area contributed by atoms with Crippen LogP contribution in [0.3, 0.4) is 0 Å². The van der Waals surface area contributed by atoms with Gasteiger partial charge in [-0.1, -0.05) is 64.7 Å². The Labute approximate surface area is 242 Å². The Morgan fingerprint density at radius 1 is 1.02 bits per heavy atom. The summed E-state index contributed by atoms with van der Waals surface area (Å²) in [6.07, 6.45) is 6.68. The zero-order valence-corrected chi connectivity index (χ0v) is 24.7. The van der Waals surface area contributed by atoms with Crippen LogP contribution in [0, 0.1) is 40.9 Å². The number of fused-ring (bicyclic) bond motifs is 1. The second-order valence-electron chi connectivity index (χ2n) is 12.9. The van der Waals surface area contributed by atoms with Gasteiger partial charge in [-0.05, 0) is 36.5 Å². The third kappa shape index (κ3) is 7.03. The molecule has 226 valence electrons. The second kappa shape index (κ2) is 12.8. The van der Waals surface area contributed by atoms with Crippen molar-refractivity contribution in [2.45, 2.75) is 96.3 Å². The number of carbonyl (C=O) groups excluding carboxylic acids is 5. The molecule has 0 aromatic heterocycles. The fourth-order valence-corrected chi connectivity index (χ4v) is 6.42. The number of rotatable bonds is 13. The van der Waals surface area contributed by atoms with E-state index in [4.69, 9.17) is 10.5 Å². The number of nitrogens with two attached hydrogens (primary N) is 1. The molecule has 5 amide bonds. The monoisotopic (exact) mass is 571 g/mol. The Bertz CT molecular complexity index is 1100. The van der Waals surface area contributed by atoms with Crippen molar-refractivity contribution in [2.75, 3.05) is 20.3 Å². The van der Waals surface area contributed by atoms with Crippen LogP contribution in [-0.4, -0.2) is 78.9 Å². The van der Waals surface area contributed by atoms with E-state index in [0.717, 1.165) is 44.9 Å². The van der Waals surface area contributed by atoms with Gasteiger partial charge in [0.05, 0.1) is 30.5 Å². The Hall–Kier alpha value is -3.13. The Morgan fingerprint density at radius 3 is 2.24 bits per heavy atom. The van der Waals surface area contributed by atoms with E-state index in [9.17, 15) is 24.0 Å². The van der Waals surface area contributed by atoms with Crippen molar-refractivity contribution in [3.8, 4) is 11.8 Å². The molecule has 2 saturated carbocycles. The fourth-order valence-electron chi connectivity index (χ4n) is 6.42. The highest BCUT2D eigenvalue weighted by Crippen LogP contribution is 2.42. The lowest BCUT2D eigenvalue weighted by Gasteiger charge is -2.42. The van der Waals surface area contributed by atoms with E-state index < -0.39 is 47.2 Å². The Kier molecular flexibility index (Phi) is 9.62. The maximum Gasteiger partial charge on any atom is 0.315 e. The number of methoxy groups -OCH3 is 1. The van der Waals surface area contributed by atoms with Gasteiger partial charge in [-0.3, -0.25) is 19.2 Å². The normalized spacial score (nSPS) is 26.4. The van der Waals surface area contributed by atoms with Gasteiger partial charge in [-0.25, -0.2) is 4.79 Å². The van der Waals surface area contributed by atoms with Crippen LogP contribution in [0.1, 0.15) is 72.1 Å². The van der Waals surface area contributed by atoms with Crippen molar-refractivity contribution in [2.24, 2.45) is 34.8 Å². The predicted octanol–water partition coefficient (Wildman–Crippen LogP) is 1.10. The lowest BCUT2D eigenvalue weighted by molar-refractivity contribution is -0.144. The molecule has 4 rings (SSSR count). The van der Waals surface area contributed by atoms with E-state index in [1.807, 2.05) is 20.8 Å². The highest BCUT2D eigenvalue weighted by atomic mass is 16.5. The molecule has 41 heavy (non-hydrogen) atoms. The van der Waals surface area contributed by atoms with E-state index in [2.05, 4.69) is 27.8 Å². The van der Waals surface area contributed by atoms with Crippen molar-refractivity contribution in [1.82, 2.24) is 20.9 Å². The SMILES string of the molecule is COCC(NC(=O)NC(C(=O)N1CC2C#C[C@@H]2[C@H]1C(=O)NC(CC1CC1)C(=O)C(N)=O)C1(C)CCCCC1)C(C)C. The molecule has 0 radical (unpaired) electrons. The van der Waals surface area contributed by atoms with Gasteiger partial charge >= 0.3 is 6.03 Å². The van der Waals surface area contributed by atoms with Crippen molar-refractivity contribution >= 4 is 29.5 Å². The number of ether oxygens (including phenoxy) is 1. The predicted molar refractivity (Wildman–Crippen MR) is 151 cm³/mol. The smallest absolute Gasteiger partial charge is 0.315 e. The number of hydrogen-bond donors (Lipinski definition) is 4. The molecule has 1 heterocycles. The number of Topliss-reactive ketones (excluding diaryl/α,β-unsaturated/α-hetero) is 1. The van der Waals surface area contributed by atoms with Gasteiger partial charge in [-0.2, -0.15) is 0 Å². The number of urea groups is 1. The number of carbonyl (C=O) groups is 5. The number of amides is 5. The minimum atomic E-state index is -1.09. The van der Waals surface area contributed by atoms with Crippen LogP contribution in [0.2, 0.25) is 0 Å². The molecule has 4 unspecified atom stereocenters. The first-order chi connectivity index (χ1) is 19.4. The second-order valence-corrected chi connectivity index (χ2v) is 12.9. The number of hydrogen-bond acceptors (Lipinski definition) is 6. The van der Waals surface area contributed by atoms with Crippen molar-refractivity contribution in [3.05, 3.63) is 0 Å². The topological polar surface area (TPSA) is 160 Å². The van der Waals surface area contributed by atoms with Crippen molar-refractivity contribution in [1.29, 1.82) is 0 Å². The first kappa shape index (κ1) is 30.8. The van der Waals surface area contributed by atoms with Crippen LogP contribution < -0.4 is 21.7 Å². The fraction of sp³-hybridized carbons (Fsp3) is 0.767. The third-order valence-electron chi connectivity index (χ3n) is 9.31. The lowest BCUT2D eigenvalue weighted by atomic mass is 9.70. The summed E-state index contributed by atoms with van der Waals surface area (Å²) in [4.78, 5) is 67.1. The van der Waals surface area contributed by atoms with Gasteiger partial charge in [0, 0.05) is 13.7 Å². The molecule has 11 nitrogen and oxygen atoms in total. The molecule has 1 aliphatic heterocycles. The summed E-state index contributed by atoms with van der Waals surface area (Å²) >= 11 is 0. The summed E-state index contributed by atoms with van der Waals surface area (Å²) < 4.78 is 5.27. The first-order valence-corrected chi connectivity index (χ1v) is 15.0. The zero-order chi connectivity index (χ0) is 29.9. The largest absolute Gasteiger partial charge is 0.383 e. The summed E-state index contributed by atoms with van der Waals surface area (Å²) in [5.41, 5.74) is 4.77. The quantitative estimate of drug-likeness (QED) is 0.191. The standard InChI is InChI=1S/C30H45N5O6/c1-17(2)22(16-41-4)33-29(40)34-25(30(3)12-6-5-7-13-30)28(39)35-15-19-10-11-20(19)23(35)27(38)32-21(14-18-8-9-18)24(36)26(31)37/h17-23,25H,5-9,12-16H2,1-4H3,(H2,31,37)(H,32,38)(H2,33,34,40)/t19?,20-,21?,22?,23-,25?/m0/s1. The van der Waals surface area contributed by atoms with Gasteiger partial charge in [0.15, 0.2) is 0 Å². The van der Waals surface area contributed by atoms with Gasteiger partial charge < -0.3 is 31.3 Å². The number of primary amides is 1.